The predicted octanol–water partition coefficient (Wildman–Crippen LogP) is 4.10. The fourth-order valence-corrected chi connectivity index (χ4v) is 2.54. The minimum atomic E-state index is -0.919. The van der Waals surface area contributed by atoms with E-state index in [1.165, 1.54) is 18.2 Å². The van der Waals surface area contributed by atoms with Crippen molar-refractivity contribution >= 4 is 27.5 Å². The lowest BCUT2D eigenvalue weighted by atomic mass is 10.1. The molecular formula is C13H13BrClFN2O. The van der Waals surface area contributed by atoms with Gasteiger partial charge in [0.25, 0.3) is 0 Å². The van der Waals surface area contributed by atoms with E-state index in [-0.39, 0.29) is 11.1 Å². The van der Waals surface area contributed by atoms with Gasteiger partial charge in [-0.3, -0.25) is 4.68 Å². The van der Waals surface area contributed by atoms with Gasteiger partial charge in [0.2, 0.25) is 0 Å². The van der Waals surface area contributed by atoms with Crippen LogP contribution in [0.3, 0.4) is 0 Å². The van der Waals surface area contributed by atoms with Gasteiger partial charge in [0.05, 0.1) is 21.4 Å². The number of benzene rings is 1. The van der Waals surface area contributed by atoms with Crippen molar-refractivity contribution in [3.8, 4) is 0 Å². The van der Waals surface area contributed by atoms with E-state index in [1.54, 1.807) is 10.9 Å². The van der Waals surface area contributed by atoms with Crippen molar-refractivity contribution in [2.45, 2.75) is 26.0 Å². The van der Waals surface area contributed by atoms with Gasteiger partial charge in [-0.25, -0.2) is 4.39 Å². The first-order valence-electron chi connectivity index (χ1n) is 5.77. The molecule has 0 amide bonds. The van der Waals surface area contributed by atoms with Crippen molar-refractivity contribution in [1.82, 2.24) is 9.78 Å². The van der Waals surface area contributed by atoms with Gasteiger partial charge in [-0.1, -0.05) is 17.7 Å². The fraction of sp³-hybridized carbons (Fsp3) is 0.308. The van der Waals surface area contributed by atoms with Crippen molar-refractivity contribution in [1.29, 1.82) is 0 Å². The van der Waals surface area contributed by atoms with Gasteiger partial charge in [0.1, 0.15) is 11.9 Å². The summed E-state index contributed by atoms with van der Waals surface area (Å²) in [5.74, 6) is -0.506. The molecule has 0 saturated carbocycles. The molecule has 19 heavy (non-hydrogen) atoms. The van der Waals surface area contributed by atoms with Gasteiger partial charge in [-0.2, -0.15) is 5.10 Å². The molecule has 2 rings (SSSR count). The van der Waals surface area contributed by atoms with Crippen LogP contribution in [0.25, 0.3) is 0 Å². The topological polar surface area (TPSA) is 38.0 Å². The maximum Gasteiger partial charge on any atom is 0.141 e. The third-order valence-corrected chi connectivity index (χ3v) is 3.70. The van der Waals surface area contributed by atoms with E-state index >= 15 is 0 Å². The number of hydrogen-bond acceptors (Lipinski definition) is 2. The molecule has 0 aliphatic rings. The maximum absolute atomic E-state index is 13.2. The van der Waals surface area contributed by atoms with E-state index in [2.05, 4.69) is 21.0 Å². The number of aromatic nitrogens is 2. The molecule has 3 nitrogen and oxygen atoms in total. The van der Waals surface area contributed by atoms with Crippen LogP contribution in [-0.4, -0.2) is 14.9 Å². The first kappa shape index (κ1) is 14.5. The molecule has 1 atom stereocenters. The van der Waals surface area contributed by atoms with Crippen LogP contribution in [0.4, 0.5) is 4.39 Å². The lowest BCUT2D eigenvalue weighted by Crippen LogP contribution is -2.12. The van der Waals surface area contributed by atoms with Crippen LogP contribution in [0.2, 0.25) is 5.02 Å². The molecule has 102 valence electrons. The Balaban J connectivity index is 2.46. The van der Waals surface area contributed by atoms with E-state index in [4.69, 9.17) is 11.6 Å². The second-order valence-electron chi connectivity index (χ2n) is 4.49. The van der Waals surface area contributed by atoms with E-state index in [0.717, 1.165) is 0 Å². The van der Waals surface area contributed by atoms with Gasteiger partial charge >= 0.3 is 0 Å². The SMILES string of the molecule is CC(C)n1ncc(Br)c1C(O)c1ccc(F)c(Cl)c1. The summed E-state index contributed by atoms with van der Waals surface area (Å²) in [6, 6.07) is 4.28. The number of hydrogen-bond donors (Lipinski definition) is 1. The van der Waals surface area contributed by atoms with E-state index in [1.807, 2.05) is 13.8 Å². The molecular weight excluding hydrogens is 335 g/mol. The minimum Gasteiger partial charge on any atom is -0.382 e. The highest BCUT2D eigenvalue weighted by Gasteiger charge is 2.21. The molecule has 1 heterocycles. The van der Waals surface area contributed by atoms with Crippen LogP contribution in [0.5, 0.6) is 0 Å². The Kier molecular flexibility index (Phi) is 4.28. The summed E-state index contributed by atoms with van der Waals surface area (Å²) < 4.78 is 15.6. The summed E-state index contributed by atoms with van der Waals surface area (Å²) in [6.07, 6.45) is 0.710. The zero-order chi connectivity index (χ0) is 14.2. The van der Waals surface area contributed by atoms with Crippen molar-refractivity contribution < 1.29 is 9.50 Å². The monoisotopic (exact) mass is 346 g/mol. The molecule has 0 aliphatic carbocycles. The Hall–Kier alpha value is -0.910. The number of aliphatic hydroxyl groups is 1. The molecule has 0 radical (unpaired) electrons. The minimum absolute atomic E-state index is 0.0108. The molecule has 1 aromatic carbocycles. The zero-order valence-electron chi connectivity index (χ0n) is 10.4. The number of halogens is 3. The van der Waals surface area contributed by atoms with Crippen molar-refractivity contribution in [2.75, 3.05) is 0 Å². The Bertz CT molecular complexity index is 600. The third kappa shape index (κ3) is 2.83. The average Bonchev–Trinajstić information content (AvgIpc) is 2.74. The quantitative estimate of drug-likeness (QED) is 0.907. The fourth-order valence-electron chi connectivity index (χ4n) is 1.86. The number of rotatable bonds is 3. The molecule has 0 fully saturated rings. The Morgan fingerprint density at radius 1 is 1.42 bits per heavy atom. The molecule has 0 aliphatic heterocycles. The maximum atomic E-state index is 13.2. The van der Waals surface area contributed by atoms with Gasteiger partial charge in [-0.15, -0.1) is 0 Å². The normalized spacial score (nSPS) is 13.0. The standard InChI is InChI=1S/C13H13BrClFN2O/c1-7(2)18-12(9(14)6-17-18)13(19)8-3-4-11(16)10(15)5-8/h3-7,13,19H,1-2H3. The molecule has 0 saturated heterocycles. The zero-order valence-corrected chi connectivity index (χ0v) is 12.8. The highest BCUT2D eigenvalue weighted by Crippen LogP contribution is 2.31. The first-order valence-corrected chi connectivity index (χ1v) is 6.94. The Morgan fingerprint density at radius 2 is 2.11 bits per heavy atom. The van der Waals surface area contributed by atoms with Crippen LogP contribution in [-0.2, 0) is 0 Å². The number of aliphatic hydroxyl groups excluding tert-OH is 1. The summed E-state index contributed by atoms with van der Waals surface area (Å²) in [5, 5.41) is 14.6. The van der Waals surface area contributed by atoms with Gasteiger partial charge < -0.3 is 5.11 Å². The first-order chi connectivity index (χ1) is 8.91. The van der Waals surface area contributed by atoms with Crippen LogP contribution in [0.1, 0.15) is 37.3 Å². The molecule has 2 aromatic rings. The molecule has 1 N–H and O–H groups in total. The van der Waals surface area contributed by atoms with E-state index in [0.29, 0.717) is 15.7 Å². The summed E-state index contributed by atoms with van der Waals surface area (Å²) in [4.78, 5) is 0. The lowest BCUT2D eigenvalue weighted by molar-refractivity contribution is 0.204. The highest BCUT2D eigenvalue weighted by molar-refractivity contribution is 9.10. The summed E-state index contributed by atoms with van der Waals surface area (Å²) in [7, 11) is 0. The van der Waals surface area contributed by atoms with Gasteiger partial charge in [0, 0.05) is 6.04 Å². The smallest absolute Gasteiger partial charge is 0.141 e. The summed E-state index contributed by atoms with van der Waals surface area (Å²) in [5.41, 5.74) is 1.15. The largest absolute Gasteiger partial charge is 0.382 e. The van der Waals surface area contributed by atoms with Crippen molar-refractivity contribution in [2.24, 2.45) is 0 Å². The summed E-state index contributed by atoms with van der Waals surface area (Å²) in [6.45, 7) is 3.93. The number of nitrogens with zero attached hydrogens (tertiary/aromatic N) is 2. The van der Waals surface area contributed by atoms with E-state index in [9.17, 15) is 9.50 Å². The molecule has 0 spiro atoms. The van der Waals surface area contributed by atoms with Crippen molar-refractivity contribution in [3.63, 3.8) is 0 Å². The van der Waals surface area contributed by atoms with E-state index < -0.39 is 11.9 Å². The Morgan fingerprint density at radius 3 is 2.68 bits per heavy atom. The average molecular weight is 348 g/mol. The van der Waals surface area contributed by atoms with Gasteiger partial charge in [-0.05, 0) is 47.5 Å². The molecule has 6 heteroatoms. The molecule has 0 bridgehead atoms. The second-order valence-corrected chi connectivity index (χ2v) is 5.75. The highest BCUT2D eigenvalue weighted by atomic mass is 79.9. The lowest BCUT2D eigenvalue weighted by Gasteiger charge is -2.17. The molecule has 1 unspecified atom stereocenters. The second kappa shape index (κ2) is 5.61. The molecule has 1 aromatic heterocycles. The predicted molar refractivity (Wildman–Crippen MR) is 75.8 cm³/mol. The third-order valence-electron chi connectivity index (χ3n) is 2.79. The van der Waals surface area contributed by atoms with Crippen LogP contribution in [0, 0.1) is 5.82 Å². The van der Waals surface area contributed by atoms with Crippen LogP contribution >= 0.6 is 27.5 Å². The van der Waals surface area contributed by atoms with Crippen LogP contribution in [0.15, 0.2) is 28.9 Å². The summed E-state index contributed by atoms with van der Waals surface area (Å²) >= 11 is 9.11. The van der Waals surface area contributed by atoms with Crippen molar-refractivity contribution in [3.05, 3.63) is 51.0 Å². The van der Waals surface area contributed by atoms with Crippen LogP contribution < -0.4 is 0 Å². The van der Waals surface area contributed by atoms with Gasteiger partial charge in [0.15, 0.2) is 0 Å². The Labute approximate surface area is 124 Å².